The SMILES string of the molecule is [c]1cccc(OCCCCCCCC2CC2)c1. The Bertz CT molecular complexity index is 290. The van der Waals surface area contributed by atoms with Gasteiger partial charge in [0.1, 0.15) is 5.75 Å². The molecule has 1 aromatic carbocycles. The molecule has 0 aliphatic heterocycles. The molecular weight excluding hydrogens is 208 g/mol. The molecule has 0 saturated heterocycles. The monoisotopic (exact) mass is 231 g/mol. The molecule has 1 aliphatic carbocycles. The van der Waals surface area contributed by atoms with Gasteiger partial charge in [-0.15, -0.1) is 0 Å². The van der Waals surface area contributed by atoms with Crippen molar-refractivity contribution in [2.24, 2.45) is 5.92 Å². The summed E-state index contributed by atoms with van der Waals surface area (Å²) in [7, 11) is 0. The van der Waals surface area contributed by atoms with Crippen LogP contribution < -0.4 is 4.74 Å². The van der Waals surface area contributed by atoms with E-state index in [-0.39, 0.29) is 0 Å². The first kappa shape index (κ1) is 12.5. The fraction of sp³-hybridized carbons (Fsp3) is 0.625. The largest absolute Gasteiger partial charge is 0.494 e. The highest BCUT2D eigenvalue weighted by Crippen LogP contribution is 2.34. The van der Waals surface area contributed by atoms with Gasteiger partial charge in [0.2, 0.25) is 0 Å². The zero-order chi connectivity index (χ0) is 11.8. The molecule has 1 nitrogen and oxygen atoms in total. The van der Waals surface area contributed by atoms with Crippen molar-refractivity contribution in [3.8, 4) is 5.75 Å². The first-order chi connectivity index (χ1) is 8.45. The Morgan fingerprint density at radius 2 is 1.94 bits per heavy atom. The second-order valence-electron chi connectivity index (χ2n) is 5.09. The summed E-state index contributed by atoms with van der Waals surface area (Å²) in [4.78, 5) is 0. The average Bonchev–Trinajstić information content (AvgIpc) is 3.18. The van der Waals surface area contributed by atoms with Crippen LogP contribution in [-0.4, -0.2) is 6.61 Å². The van der Waals surface area contributed by atoms with Crippen molar-refractivity contribution < 1.29 is 4.74 Å². The Morgan fingerprint density at radius 3 is 2.71 bits per heavy atom. The van der Waals surface area contributed by atoms with Gasteiger partial charge in [-0.25, -0.2) is 0 Å². The fourth-order valence-electron chi connectivity index (χ4n) is 2.13. The smallest absolute Gasteiger partial charge is 0.119 e. The molecule has 1 radical (unpaired) electrons. The highest BCUT2D eigenvalue weighted by molar-refractivity contribution is 5.19. The van der Waals surface area contributed by atoms with Crippen LogP contribution in [0.2, 0.25) is 0 Å². The molecular formula is C16H23O. The summed E-state index contributed by atoms with van der Waals surface area (Å²) >= 11 is 0. The van der Waals surface area contributed by atoms with Gasteiger partial charge in [-0.2, -0.15) is 0 Å². The van der Waals surface area contributed by atoms with E-state index >= 15 is 0 Å². The minimum atomic E-state index is 0.848. The molecule has 1 aromatic rings. The van der Waals surface area contributed by atoms with Crippen molar-refractivity contribution in [1.82, 2.24) is 0 Å². The molecule has 1 heteroatoms. The van der Waals surface area contributed by atoms with E-state index in [0.29, 0.717) is 0 Å². The molecule has 2 rings (SSSR count). The molecule has 0 spiro atoms. The maximum atomic E-state index is 5.63. The number of unbranched alkanes of at least 4 members (excludes halogenated alkanes) is 4. The maximum absolute atomic E-state index is 5.63. The van der Waals surface area contributed by atoms with Gasteiger partial charge in [0.15, 0.2) is 0 Å². The zero-order valence-corrected chi connectivity index (χ0v) is 10.7. The van der Waals surface area contributed by atoms with Crippen LogP contribution in [0.25, 0.3) is 0 Å². The molecule has 1 fully saturated rings. The molecule has 1 aliphatic rings. The van der Waals surface area contributed by atoms with Crippen molar-refractivity contribution in [1.29, 1.82) is 0 Å². The summed E-state index contributed by atoms with van der Waals surface area (Å²) in [5.74, 6) is 2.05. The van der Waals surface area contributed by atoms with Gasteiger partial charge in [0, 0.05) is 0 Å². The Balaban J connectivity index is 1.38. The Hall–Kier alpha value is -0.980. The van der Waals surface area contributed by atoms with Crippen LogP contribution in [-0.2, 0) is 0 Å². The van der Waals surface area contributed by atoms with Crippen LogP contribution in [0, 0.1) is 12.0 Å². The number of ether oxygens (including phenoxy) is 1. The van der Waals surface area contributed by atoms with E-state index < -0.39 is 0 Å². The summed E-state index contributed by atoms with van der Waals surface area (Å²) < 4.78 is 5.63. The number of hydrogen-bond acceptors (Lipinski definition) is 1. The first-order valence-electron chi connectivity index (χ1n) is 7.04. The van der Waals surface area contributed by atoms with Gasteiger partial charge in [0.25, 0.3) is 0 Å². The Kier molecular flexibility index (Phi) is 5.41. The molecule has 0 amide bonds. The fourth-order valence-corrected chi connectivity index (χ4v) is 2.13. The molecule has 1 saturated carbocycles. The third kappa shape index (κ3) is 5.76. The van der Waals surface area contributed by atoms with Crippen LogP contribution in [0.1, 0.15) is 51.4 Å². The first-order valence-corrected chi connectivity index (χ1v) is 7.04. The molecule has 17 heavy (non-hydrogen) atoms. The summed E-state index contributed by atoms with van der Waals surface area (Å²) in [6, 6.07) is 10.8. The van der Waals surface area contributed by atoms with E-state index in [1.165, 1.54) is 51.4 Å². The molecule has 93 valence electrons. The van der Waals surface area contributed by atoms with Gasteiger partial charge in [-0.1, -0.05) is 57.1 Å². The predicted molar refractivity (Wildman–Crippen MR) is 71.2 cm³/mol. The minimum Gasteiger partial charge on any atom is -0.494 e. The van der Waals surface area contributed by atoms with E-state index in [1.54, 1.807) is 0 Å². The van der Waals surface area contributed by atoms with Crippen molar-refractivity contribution in [2.75, 3.05) is 6.61 Å². The van der Waals surface area contributed by atoms with Crippen LogP contribution in [0.15, 0.2) is 24.3 Å². The predicted octanol–water partition coefficient (Wildman–Crippen LogP) is 4.62. The lowest BCUT2D eigenvalue weighted by molar-refractivity contribution is 0.304. The second-order valence-corrected chi connectivity index (χ2v) is 5.09. The maximum Gasteiger partial charge on any atom is 0.119 e. The van der Waals surface area contributed by atoms with E-state index in [2.05, 4.69) is 6.07 Å². The number of rotatable bonds is 9. The van der Waals surface area contributed by atoms with Gasteiger partial charge in [-0.05, 0) is 30.5 Å². The topological polar surface area (TPSA) is 9.23 Å². The summed E-state index contributed by atoms with van der Waals surface area (Å²) in [6.07, 6.45) is 11.2. The van der Waals surface area contributed by atoms with Crippen molar-refractivity contribution in [2.45, 2.75) is 51.4 Å². The molecule has 0 atom stereocenters. The molecule has 0 N–H and O–H groups in total. The van der Waals surface area contributed by atoms with E-state index in [1.807, 2.05) is 24.3 Å². The standard InChI is InChI=1S/C16H23O/c1(2-5-9-15-12-13-15)3-8-14-17-16-10-6-4-7-11-16/h4,6,10-11,15H,1-3,5,8-9,12-14H2. The van der Waals surface area contributed by atoms with E-state index in [9.17, 15) is 0 Å². The van der Waals surface area contributed by atoms with Gasteiger partial charge >= 0.3 is 0 Å². The van der Waals surface area contributed by atoms with Crippen LogP contribution >= 0.6 is 0 Å². The third-order valence-electron chi connectivity index (χ3n) is 3.40. The van der Waals surface area contributed by atoms with Crippen molar-refractivity contribution in [3.05, 3.63) is 30.3 Å². The van der Waals surface area contributed by atoms with Crippen molar-refractivity contribution >= 4 is 0 Å². The Labute approximate surface area is 105 Å². The summed E-state index contributed by atoms with van der Waals surface area (Å²) in [5.41, 5.74) is 0. The van der Waals surface area contributed by atoms with E-state index in [4.69, 9.17) is 4.74 Å². The third-order valence-corrected chi connectivity index (χ3v) is 3.40. The summed E-state index contributed by atoms with van der Waals surface area (Å²) in [5, 5.41) is 0. The minimum absolute atomic E-state index is 0.848. The quantitative estimate of drug-likeness (QED) is 0.564. The van der Waals surface area contributed by atoms with Gasteiger partial charge in [-0.3, -0.25) is 0 Å². The molecule has 0 bridgehead atoms. The normalized spacial score (nSPS) is 14.8. The summed E-state index contributed by atoms with van der Waals surface area (Å²) in [6.45, 7) is 0.848. The molecule has 0 unspecified atom stereocenters. The number of benzene rings is 1. The van der Waals surface area contributed by atoms with Gasteiger partial charge in [0.05, 0.1) is 6.61 Å². The lowest BCUT2D eigenvalue weighted by atomic mass is 10.1. The Morgan fingerprint density at radius 1 is 1.12 bits per heavy atom. The van der Waals surface area contributed by atoms with Crippen LogP contribution in [0.5, 0.6) is 5.75 Å². The lowest BCUT2D eigenvalue weighted by Crippen LogP contribution is -1.96. The number of hydrogen-bond donors (Lipinski definition) is 0. The lowest BCUT2D eigenvalue weighted by Gasteiger charge is -2.05. The highest BCUT2D eigenvalue weighted by atomic mass is 16.5. The second kappa shape index (κ2) is 7.37. The molecule has 0 heterocycles. The highest BCUT2D eigenvalue weighted by Gasteiger charge is 2.19. The van der Waals surface area contributed by atoms with E-state index in [0.717, 1.165) is 18.3 Å². The zero-order valence-electron chi connectivity index (χ0n) is 10.7. The van der Waals surface area contributed by atoms with Gasteiger partial charge < -0.3 is 4.74 Å². The average molecular weight is 231 g/mol. The van der Waals surface area contributed by atoms with Crippen LogP contribution in [0.4, 0.5) is 0 Å². The van der Waals surface area contributed by atoms with Crippen LogP contribution in [0.3, 0.4) is 0 Å². The van der Waals surface area contributed by atoms with Crippen molar-refractivity contribution in [3.63, 3.8) is 0 Å². The molecule has 0 aromatic heterocycles.